The van der Waals surface area contributed by atoms with Gasteiger partial charge in [0.2, 0.25) is 0 Å². The standard InChI is InChI=1S/C20H17ClN6O2/c21-17-8-6-16(7-9-17)19(12-27-14-22-13-23-27)29-20(28)18-11-26(25-24-18)10-15-4-2-1-3-5-15/h1-9,11,13-14,19H,10,12H2. The lowest BCUT2D eigenvalue weighted by Crippen LogP contribution is -2.18. The lowest BCUT2D eigenvalue weighted by atomic mass is 10.1. The molecule has 2 aromatic heterocycles. The van der Waals surface area contributed by atoms with Crippen LogP contribution in [-0.4, -0.2) is 35.7 Å². The van der Waals surface area contributed by atoms with Crippen molar-refractivity contribution in [1.82, 2.24) is 29.8 Å². The van der Waals surface area contributed by atoms with E-state index < -0.39 is 12.1 Å². The maximum Gasteiger partial charge on any atom is 0.361 e. The molecule has 0 amide bonds. The summed E-state index contributed by atoms with van der Waals surface area (Å²) in [6.07, 6.45) is 3.98. The van der Waals surface area contributed by atoms with Gasteiger partial charge < -0.3 is 4.74 Å². The SMILES string of the molecule is O=C(OC(Cn1cncn1)c1ccc(Cl)cc1)c1cn(Cc2ccccc2)nn1. The first-order valence-corrected chi connectivity index (χ1v) is 9.28. The Labute approximate surface area is 171 Å². The smallest absolute Gasteiger partial charge is 0.361 e. The number of hydrogen-bond acceptors (Lipinski definition) is 6. The van der Waals surface area contributed by atoms with E-state index >= 15 is 0 Å². The number of rotatable bonds is 7. The van der Waals surface area contributed by atoms with E-state index in [2.05, 4.69) is 20.4 Å². The second kappa shape index (κ2) is 8.66. The van der Waals surface area contributed by atoms with Gasteiger partial charge in [-0.2, -0.15) is 5.10 Å². The molecule has 1 atom stereocenters. The number of benzene rings is 2. The van der Waals surface area contributed by atoms with E-state index in [1.165, 1.54) is 6.33 Å². The molecule has 0 aliphatic rings. The summed E-state index contributed by atoms with van der Waals surface area (Å²) in [6.45, 7) is 0.826. The zero-order valence-corrected chi connectivity index (χ0v) is 16.1. The third-order valence-corrected chi connectivity index (χ3v) is 4.50. The Morgan fingerprint density at radius 1 is 1.07 bits per heavy atom. The zero-order chi connectivity index (χ0) is 20.1. The summed E-state index contributed by atoms with van der Waals surface area (Å²) >= 11 is 5.97. The van der Waals surface area contributed by atoms with E-state index in [1.807, 2.05) is 42.5 Å². The van der Waals surface area contributed by atoms with Gasteiger partial charge >= 0.3 is 5.97 Å². The number of carbonyl (C=O) groups is 1. The normalized spacial score (nSPS) is 11.9. The molecule has 0 aliphatic carbocycles. The monoisotopic (exact) mass is 408 g/mol. The lowest BCUT2D eigenvalue weighted by Gasteiger charge is -2.17. The summed E-state index contributed by atoms with van der Waals surface area (Å²) in [5.41, 5.74) is 1.98. The molecule has 0 saturated carbocycles. The lowest BCUT2D eigenvalue weighted by molar-refractivity contribution is 0.0239. The zero-order valence-electron chi connectivity index (χ0n) is 15.3. The van der Waals surface area contributed by atoms with Crippen molar-refractivity contribution in [3.8, 4) is 0 Å². The predicted molar refractivity (Wildman–Crippen MR) is 105 cm³/mol. The van der Waals surface area contributed by atoms with Gasteiger partial charge in [0.25, 0.3) is 0 Å². The van der Waals surface area contributed by atoms with Gasteiger partial charge in [0.1, 0.15) is 18.8 Å². The minimum atomic E-state index is -0.583. The summed E-state index contributed by atoms with van der Waals surface area (Å²) in [7, 11) is 0. The second-order valence-electron chi connectivity index (χ2n) is 6.35. The molecule has 0 N–H and O–H groups in total. The van der Waals surface area contributed by atoms with Gasteiger partial charge in [0, 0.05) is 5.02 Å². The van der Waals surface area contributed by atoms with Gasteiger partial charge in [-0.1, -0.05) is 59.3 Å². The average Bonchev–Trinajstić information content (AvgIpc) is 3.41. The fourth-order valence-corrected chi connectivity index (χ4v) is 2.94. The molecule has 29 heavy (non-hydrogen) atoms. The van der Waals surface area contributed by atoms with Crippen molar-refractivity contribution in [2.75, 3.05) is 0 Å². The number of ether oxygens (including phenoxy) is 1. The Balaban J connectivity index is 1.49. The highest BCUT2D eigenvalue weighted by Crippen LogP contribution is 2.22. The van der Waals surface area contributed by atoms with Gasteiger partial charge in [-0.3, -0.25) is 0 Å². The summed E-state index contributed by atoms with van der Waals surface area (Å²) in [4.78, 5) is 16.6. The first-order valence-electron chi connectivity index (χ1n) is 8.90. The number of hydrogen-bond donors (Lipinski definition) is 0. The number of halogens is 1. The van der Waals surface area contributed by atoms with Crippen molar-refractivity contribution >= 4 is 17.6 Å². The number of aromatic nitrogens is 6. The Morgan fingerprint density at radius 2 is 1.86 bits per heavy atom. The fourth-order valence-electron chi connectivity index (χ4n) is 2.81. The maximum absolute atomic E-state index is 12.7. The summed E-state index contributed by atoms with van der Waals surface area (Å²) < 4.78 is 8.91. The van der Waals surface area contributed by atoms with E-state index in [-0.39, 0.29) is 5.69 Å². The van der Waals surface area contributed by atoms with E-state index in [9.17, 15) is 4.79 Å². The van der Waals surface area contributed by atoms with Crippen LogP contribution >= 0.6 is 11.6 Å². The highest BCUT2D eigenvalue weighted by atomic mass is 35.5. The first kappa shape index (κ1) is 18.8. The Bertz CT molecular complexity index is 1060. The quantitative estimate of drug-likeness (QED) is 0.436. The molecule has 0 aliphatic heterocycles. The summed E-state index contributed by atoms with van der Waals surface area (Å²) in [5, 5.41) is 12.7. The van der Waals surface area contributed by atoms with Crippen LogP contribution in [0, 0.1) is 0 Å². The molecule has 4 aromatic rings. The minimum absolute atomic E-state index is 0.137. The molecule has 2 heterocycles. The van der Waals surface area contributed by atoms with E-state index in [0.717, 1.165) is 11.1 Å². The maximum atomic E-state index is 12.7. The third kappa shape index (κ3) is 4.85. The molecule has 4 rings (SSSR count). The first-order chi connectivity index (χ1) is 14.2. The van der Waals surface area contributed by atoms with Crippen LogP contribution in [0.1, 0.15) is 27.7 Å². The van der Waals surface area contributed by atoms with Crippen LogP contribution in [0.2, 0.25) is 5.02 Å². The molecule has 9 heteroatoms. The Hall–Kier alpha value is -3.52. The highest BCUT2D eigenvalue weighted by Gasteiger charge is 2.21. The van der Waals surface area contributed by atoms with Crippen LogP contribution in [0.5, 0.6) is 0 Å². The topological polar surface area (TPSA) is 87.7 Å². The van der Waals surface area contributed by atoms with Gasteiger partial charge in [0.15, 0.2) is 5.69 Å². The minimum Gasteiger partial charge on any atom is -0.451 e. The molecule has 0 spiro atoms. The number of carbonyl (C=O) groups excluding carboxylic acids is 1. The molecule has 2 aromatic carbocycles. The molecule has 0 fully saturated rings. The molecule has 0 bridgehead atoms. The van der Waals surface area contributed by atoms with Crippen molar-refractivity contribution in [3.05, 3.63) is 95.3 Å². The number of esters is 1. The fraction of sp³-hybridized carbons (Fsp3) is 0.150. The van der Waals surface area contributed by atoms with Crippen LogP contribution in [0.3, 0.4) is 0 Å². The van der Waals surface area contributed by atoms with Gasteiger partial charge in [-0.25, -0.2) is 19.1 Å². The molecule has 0 saturated heterocycles. The molecule has 8 nitrogen and oxygen atoms in total. The van der Waals surface area contributed by atoms with Crippen LogP contribution in [0.25, 0.3) is 0 Å². The average molecular weight is 409 g/mol. The Kier molecular flexibility index (Phi) is 5.62. The van der Waals surface area contributed by atoms with Crippen LogP contribution in [0.4, 0.5) is 0 Å². The van der Waals surface area contributed by atoms with Crippen LogP contribution in [-0.2, 0) is 17.8 Å². The molecule has 0 radical (unpaired) electrons. The summed E-state index contributed by atoms with van der Waals surface area (Å²) in [5.74, 6) is -0.565. The largest absolute Gasteiger partial charge is 0.451 e. The van der Waals surface area contributed by atoms with Crippen molar-refractivity contribution in [3.63, 3.8) is 0 Å². The van der Waals surface area contributed by atoms with Crippen LogP contribution < -0.4 is 0 Å². The van der Waals surface area contributed by atoms with Gasteiger partial charge in [-0.15, -0.1) is 5.10 Å². The van der Waals surface area contributed by atoms with Crippen molar-refractivity contribution in [2.45, 2.75) is 19.2 Å². The van der Waals surface area contributed by atoms with E-state index in [0.29, 0.717) is 18.1 Å². The predicted octanol–water partition coefficient (Wildman–Crippen LogP) is 3.17. The van der Waals surface area contributed by atoms with E-state index in [4.69, 9.17) is 16.3 Å². The van der Waals surface area contributed by atoms with Gasteiger partial charge in [0.05, 0.1) is 19.3 Å². The van der Waals surface area contributed by atoms with Gasteiger partial charge in [-0.05, 0) is 23.3 Å². The molecule has 1 unspecified atom stereocenters. The second-order valence-corrected chi connectivity index (χ2v) is 6.79. The van der Waals surface area contributed by atoms with Crippen molar-refractivity contribution in [1.29, 1.82) is 0 Å². The van der Waals surface area contributed by atoms with E-state index in [1.54, 1.807) is 34.0 Å². The molecule has 146 valence electrons. The summed E-state index contributed by atoms with van der Waals surface area (Å²) in [6, 6.07) is 16.9. The third-order valence-electron chi connectivity index (χ3n) is 4.25. The molecular weight excluding hydrogens is 392 g/mol. The number of nitrogens with zero attached hydrogens (tertiary/aromatic N) is 6. The van der Waals surface area contributed by atoms with Crippen molar-refractivity contribution < 1.29 is 9.53 Å². The Morgan fingerprint density at radius 3 is 2.59 bits per heavy atom. The molecular formula is C20H17ClN6O2. The highest BCUT2D eigenvalue weighted by molar-refractivity contribution is 6.30. The van der Waals surface area contributed by atoms with Crippen molar-refractivity contribution in [2.24, 2.45) is 0 Å². The van der Waals surface area contributed by atoms with Crippen LogP contribution in [0.15, 0.2) is 73.4 Å².